The van der Waals surface area contributed by atoms with Gasteiger partial charge in [0.05, 0.1) is 22.1 Å². The Kier molecular flexibility index (Phi) is 5.11. The van der Waals surface area contributed by atoms with Gasteiger partial charge in [-0.3, -0.25) is 4.57 Å². The first kappa shape index (κ1) is 25.7. The van der Waals surface area contributed by atoms with E-state index < -0.39 is 0 Å². The Balaban J connectivity index is 1.14. The minimum atomic E-state index is 0.969. The Labute approximate surface area is 276 Å². The summed E-state index contributed by atoms with van der Waals surface area (Å²) in [6.07, 6.45) is 2.07. The summed E-state index contributed by atoms with van der Waals surface area (Å²) in [5.74, 6) is 0.969. The highest BCUT2D eigenvalue weighted by atomic mass is 15.1. The molecule has 3 heterocycles. The second-order valence-corrected chi connectivity index (χ2v) is 12.8. The molecule has 1 aliphatic rings. The number of nitrogens with zero attached hydrogens (tertiary/aromatic N) is 3. The maximum Gasteiger partial charge on any atom is 0.145 e. The third-order valence-corrected chi connectivity index (χ3v) is 10.3. The van der Waals surface area contributed by atoms with E-state index in [0.717, 1.165) is 16.9 Å². The van der Waals surface area contributed by atoms with E-state index in [4.69, 9.17) is 4.98 Å². The van der Waals surface area contributed by atoms with Crippen LogP contribution in [-0.2, 0) is 0 Å². The second-order valence-electron chi connectivity index (χ2n) is 12.8. The van der Waals surface area contributed by atoms with Crippen molar-refractivity contribution < 1.29 is 0 Å². The van der Waals surface area contributed by atoms with Gasteiger partial charge in [-0.2, -0.15) is 0 Å². The van der Waals surface area contributed by atoms with E-state index in [1.54, 1.807) is 0 Å². The lowest BCUT2D eigenvalue weighted by Crippen LogP contribution is -1.99. The lowest BCUT2D eigenvalue weighted by atomic mass is 10.0. The maximum absolute atomic E-state index is 5.19. The molecule has 0 fully saturated rings. The van der Waals surface area contributed by atoms with E-state index in [0.29, 0.717) is 0 Å². The maximum atomic E-state index is 5.19. The molecule has 222 valence electrons. The number of aromatic nitrogens is 3. The fraction of sp³-hybridized carbons (Fsp3) is 0. The van der Waals surface area contributed by atoms with Crippen LogP contribution in [0.3, 0.4) is 0 Å². The standard InChI is InChI=1S/C45H27N3/c1-2-11-30(12-3-1)47-40-19-8-6-15-33(40)35-23-21-29(26-43(35)47)28-22-24-42-38(25-28)34-16-7-9-20-41(34)48(42)45-37-18-10-17-36-31-13-4-5-14-32(31)39(27-46-45)44(36)37/h1-27H. The average Bonchev–Trinajstić information content (AvgIpc) is 3.78. The number of hydrogen-bond acceptors (Lipinski definition) is 1. The van der Waals surface area contributed by atoms with E-state index in [-0.39, 0.29) is 0 Å². The predicted octanol–water partition coefficient (Wildman–Crippen LogP) is 11.7. The molecule has 0 radical (unpaired) electrons. The smallest absolute Gasteiger partial charge is 0.145 e. The van der Waals surface area contributed by atoms with Crippen LogP contribution < -0.4 is 0 Å². The molecule has 0 saturated carbocycles. The summed E-state index contributed by atoms with van der Waals surface area (Å²) in [6, 6.07) is 57.2. The van der Waals surface area contributed by atoms with Gasteiger partial charge in [0.15, 0.2) is 0 Å². The van der Waals surface area contributed by atoms with Crippen LogP contribution in [0, 0.1) is 0 Å². The van der Waals surface area contributed by atoms with Crippen LogP contribution in [0.5, 0.6) is 0 Å². The third kappa shape index (κ3) is 3.40. The molecule has 0 unspecified atom stereocenters. The van der Waals surface area contributed by atoms with Gasteiger partial charge < -0.3 is 4.57 Å². The monoisotopic (exact) mass is 609 g/mol. The van der Waals surface area contributed by atoms with Crippen molar-refractivity contribution in [1.29, 1.82) is 0 Å². The van der Waals surface area contributed by atoms with E-state index >= 15 is 0 Å². The van der Waals surface area contributed by atoms with Crippen molar-refractivity contribution in [2.75, 3.05) is 0 Å². The summed E-state index contributed by atoms with van der Waals surface area (Å²) in [5.41, 5.74) is 13.3. The molecule has 3 aromatic heterocycles. The lowest BCUT2D eigenvalue weighted by molar-refractivity contribution is 1.10. The molecule has 10 aromatic rings. The molecule has 0 bridgehead atoms. The Hall–Kier alpha value is -6.45. The van der Waals surface area contributed by atoms with Gasteiger partial charge in [-0.15, -0.1) is 0 Å². The van der Waals surface area contributed by atoms with Crippen molar-refractivity contribution in [2.24, 2.45) is 0 Å². The number of para-hydroxylation sites is 3. The van der Waals surface area contributed by atoms with Crippen LogP contribution in [-0.4, -0.2) is 14.1 Å². The minimum absolute atomic E-state index is 0.969. The first-order valence-corrected chi connectivity index (χ1v) is 16.5. The van der Waals surface area contributed by atoms with Gasteiger partial charge in [-0.25, -0.2) is 4.98 Å². The fourth-order valence-electron chi connectivity index (χ4n) is 8.23. The number of benzene rings is 7. The molecule has 11 rings (SSSR count). The molecule has 0 amide bonds. The highest BCUT2D eigenvalue weighted by molar-refractivity contribution is 6.18. The number of rotatable bonds is 3. The van der Waals surface area contributed by atoms with Crippen LogP contribution in [0.4, 0.5) is 0 Å². The van der Waals surface area contributed by atoms with Crippen LogP contribution in [0.1, 0.15) is 0 Å². The zero-order valence-electron chi connectivity index (χ0n) is 25.9. The second kappa shape index (κ2) is 9.54. The third-order valence-electron chi connectivity index (χ3n) is 10.3. The summed E-state index contributed by atoms with van der Waals surface area (Å²) in [5, 5.41) is 7.43. The summed E-state index contributed by atoms with van der Waals surface area (Å²) in [4.78, 5) is 5.19. The highest BCUT2D eigenvalue weighted by Gasteiger charge is 2.24. The van der Waals surface area contributed by atoms with Gasteiger partial charge in [0.2, 0.25) is 0 Å². The van der Waals surface area contributed by atoms with Crippen molar-refractivity contribution >= 4 is 54.4 Å². The van der Waals surface area contributed by atoms with Crippen molar-refractivity contribution in [3.63, 3.8) is 0 Å². The highest BCUT2D eigenvalue weighted by Crippen LogP contribution is 2.48. The number of pyridine rings is 1. The first-order chi connectivity index (χ1) is 23.8. The molecule has 0 N–H and O–H groups in total. The summed E-state index contributed by atoms with van der Waals surface area (Å²) < 4.78 is 4.74. The Morgan fingerprint density at radius 2 is 0.938 bits per heavy atom. The molecule has 48 heavy (non-hydrogen) atoms. The van der Waals surface area contributed by atoms with Gasteiger partial charge in [0, 0.05) is 49.8 Å². The topological polar surface area (TPSA) is 22.8 Å². The number of fused-ring (bicyclic) bond motifs is 9. The van der Waals surface area contributed by atoms with E-state index in [9.17, 15) is 0 Å². The minimum Gasteiger partial charge on any atom is -0.309 e. The first-order valence-electron chi connectivity index (χ1n) is 16.5. The van der Waals surface area contributed by atoms with Crippen molar-refractivity contribution in [1.82, 2.24) is 14.1 Å². The summed E-state index contributed by atoms with van der Waals surface area (Å²) in [6.45, 7) is 0. The largest absolute Gasteiger partial charge is 0.309 e. The molecule has 0 saturated heterocycles. The molecule has 0 atom stereocenters. The van der Waals surface area contributed by atoms with Crippen molar-refractivity contribution in [2.45, 2.75) is 0 Å². The quantitative estimate of drug-likeness (QED) is 0.195. The molecule has 7 aromatic carbocycles. The summed E-state index contributed by atoms with van der Waals surface area (Å²) >= 11 is 0. The molecule has 3 heteroatoms. The zero-order valence-corrected chi connectivity index (χ0v) is 25.9. The van der Waals surface area contributed by atoms with Crippen molar-refractivity contribution in [3.05, 3.63) is 164 Å². The van der Waals surface area contributed by atoms with E-state index in [1.165, 1.54) is 82.4 Å². The zero-order chi connectivity index (χ0) is 31.3. The Morgan fingerprint density at radius 1 is 0.354 bits per heavy atom. The van der Waals surface area contributed by atoms with Crippen LogP contribution >= 0.6 is 0 Å². The summed E-state index contributed by atoms with van der Waals surface area (Å²) in [7, 11) is 0. The molecule has 3 nitrogen and oxygen atoms in total. The normalized spacial score (nSPS) is 12.2. The number of hydrogen-bond donors (Lipinski definition) is 0. The van der Waals surface area contributed by atoms with Gasteiger partial charge in [0.1, 0.15) is 5.82 Å². The lowest BCUT2D eigenvalue weighted by Gasteiger charge is -2.12. The van der Waals surface area contributed by atoms with Crippen LogP contribution in [0.25, 0.3) is 99.3 Å². The molecule has 0 spiro atoms. The molecular formula is C45H27N3. The fourth-order valence-corrected chi connectivity index (χ4v) is 8.23. The van der Waals surface area contributed by atoms with E-state index in [1.807, 2.05) is 0 Å². The van der Waals surface area contributed by atoms with Gasteiger partial charge in [0.25, 0.3) is 0 Å². The predicted molar refractivity (Wildman–Crippen MR) is 200 cm³/mol. The van der Waals surface area contributed by atoms with Crippen LogP contribution in [0.2, 0.25) is 0 Å². The Bertz CT molecular complexity index is 2910. The average molecular weight is 610 g/mol. The SMILES string of the molecule is c1ccc(-n2c3ccccc3c3ccc(-c4ccc5c(c4)c4ccccc4n5-c4ncc5c6c(cccc46)-c4ccccc4-5)cc32)cc1. The van der Waals surface area contributed by atoms with Crippen molar-refractivity contribution in [3.8, 4) is 44.9 Å². The molecule has 1 aliphatic carbocycles. The van der Waals surface area contributed by atoms with Gasteiger partial charge >= 0.3 is 0 Å². The molecule has 0 aliphatic heterocycles. The van der Waals surface area contributed by atoms with Crippen LogP contribution in [0.15, 0.2) is 164 Å². The van der Waals surface area contributed by atoms with Gasteiger partial charge in [-0.1, -0.05) is 115 Å². The van der Waals surface area contributed by atoms with Gasteiger partial charge in [-0.05, 0) is 70.3 Å². The molecular weight excluding hydrogens is 583 g/mol. The van der Waals surface area contributed by atoms with E-state index in [2.05, 4.69) is 173 Å². The Morgan fingerprint density at radius 3 is 1.77 bits per heavy atom.